The maximum atomic E-state index is 12.0. The van der Waals surface area contributed by atoms with Crippen molar-refractivity contribution in [3.63, 3.8) is 0 Å². The molecule has 0 aliphatic carbocycles. The molecule has 1 saturated heterocycles. The Morgan fingerprint density at radius 2 is 1.45 bits per heavy atom. The summed E-state index contributed by atoms with van der Waals surface area (Å²) in [6, 6.07) is 0. The highest BCUT2D eigenvalue weighted by Gasteiger charge is 2.47. The predicted molar refractivity (Wildman–Crippen MR) is 25.6 cm³/mol. The number of rotatable bonds is 0. The molecule has 0 saturated carbocycles. The van der Waals surface area contributed by atoms with Crippen molar-refractivity contribution in [1.29, 1.82) is 0 Å². The van der Waals surface area contributed by atoms with Crippen LogP contribution in [0.2, 0.25) is 0 Å². The quantitative estimate of drug-likeness (QED) is 0.437. The summed E-state index contributed by atoms with van der Waals surface area (Å²) in [7, 11) is -5.23. The van der Waals surface area contributed by atoms with Crippen LogP contribution in [0, 0.1) is 0 Å². The first kappa shape index (κ1) is 8.96. The first-order valence-electron chi connectivity index (χ1n) is 2.51. The summed E-state index contributed by atoms with van der Waals surface area (Å²) < 4.78 is 64.5. The van der Waals surface area contributed by atoms with E-state index in [0.717, 1.165) is 0 Å². The summed E-state index contributed by atoms with van der Waals surface area (Å²) >= 11 is 0. The van der Waals surface area contributed by atoms with Crippen LogP contribution in [0.25, 0.3) is 0 Å². The third-order valence-electron chi connectivity index (χ3n) is 0.954. The lowest BCUT2D eigenvalue weighted by atomic mass is 10.4. The summed E-state index contributed by atoms with van der Waals surface area (Å²) in [5, 5.41) is 0. The lowest BCUT2D eigenvalue weighted by molar-refractivity contribution is -0.150. The zero-order valence-electron chi connectivity index (χ0n) is 4.92. The molecule has 1 aliphatic heterocycles. The van der Waals surface area contributed by atoms with Crippen LogP contribution >= 0.6 is 7.91 Å². The number of hydrogen-bond acceptors (Lipinski definition) is 3. The van der Waals surface area contributed by atoms with Crippen LogP contribution in [-0.2, 0) is 13.6 Å². The molecule has 0 radical (unpaired) electrons. The van der Waals surface area contributed by atoms with Gasteiger partial charge in [-0.2, -0.15) is 0 Å². The van der Waals surface area contributed by atoms with Crippen molar-refractivity contribution in [2.75, 3.05) is 0 Å². The molecule has 0 aromatic rings. The molecule has 66 valence electrons. The minimum absolute atomic E-state index is 2.76. The lowest BCUT2D eigenvalue weighted by Gasteiger charge is -2.24. The minimum Gasteiger partial charge on any atom is -0.245 e. The van der Waals surface area contributed by atoms with E-state index in [1.165, 1.54) is 0 Å². The van der Waals surface area contributed by atoms with E-state index in [4.69, 9.17) is 0 Å². The fourth-order valence-corrected chi connectivity index (χ4v) is 1.26. The molecule has 2 atom stereocenters. The third-order valence-corrected chi connectivity index (χ3v) is 1.86. The molecule has 0 amide bonds. The second-order valence-electron chi connectivity index (χ2n) is 1.79. The van der Waals surface area contributed by atoms with Crippen molar-refractivity contribution in [1.82, 2.24) is 0 Å². The molecule has 1 aliphatic rings. The number of hydrogen-bond donors (Lipinski definition) is 0. The van der Waals surface area contributed by atoms with E-state index in [0.29, 0.717) is 0 Å². The maximum absolute atomic E-state index is 12.0. The zero-order chi connectivity index (χ0) is 8.65. The van der Waals surface area contributed by atoms with Crippen molar-refractivity contribution < 1.29 is 31.0 Å². The smallest absolute Gasteiger partial charge is 0.245 e. The molecule has 1 heterocycles. The normalized spacial score (nSPS) is 52.5. The van der Waals surface area contributed by atoms with E-state index in [2.05, 4.69) is 9.05 Å². The summed E-state index contributed by atoms with van der Waals surface area (Å²) in [5.41, 5.74) is 0. The Hall–Kier alpha value is -0.130. The summed E-state index contributed by atoms with van der Waals surface area (Å²) in [5.74, 6) is 0. The van der Waals surface area contributed by atoms with Gasteiger partial charge in [-0.1, -0.05) is 0 Å². The molecule has 1 fully saturated rings. The number of alkyl halides is 3. The highest BCUT2D eigenvalue weighted by Crippen LogP contribution is 2.56. The Balaban J connectivity index is 2.70. The van der Waals surface area contributed by atoms with Gasteiger partial charge in [-0.05, 0) is 0 Å². The predicted octanol–water partition coefficient (Wildman–Crippen LogP) is 2.04. The van der Waals surface area contributed by atoms with Crippen LogP contribution in [0.4, 0.5) is 17.4 Å². The molecule has 0 aromatic carbocycles. The van der Waals surface area contributed by atoms with Gasteiger partial charge in [0, 0.05) is 0 Å². The first-order chi connectivity index (χ1) is 4.92. The van der Waals surface area contributed by atoms with Gasteiger partial charge < -0.3 is 0 Å². The molecule has 0 aromatic heterocycles. The second kappa shape index (κ2) is 2.73. The molecule has 0 bridgehead atoms. The highest BCUT2D eigenvalue weighted by molar-refractivity contribution is 7.48. The van der Waals surface area contributed by atoms with Crippen LogP contribution < -0.4 is 0 Å². The van der Waals surface area contributed by atoms with Gasteiger partial charge in [0.25, 0.3) is 0 Å². The molecule has 1 rings (SSSR count). The van der Waals surface area contributed by atoms with Gasteiger partial charge in [0.2, 0.25) is 18.9 Å². The molecule has 2 unspecified atom stereocenters. The Kier molecular flexibility index (Phi) is 2.22. The van der Waals surface area contributed by atoms with Gasteiger partial charge in [0.1, 0.15) is 0 Å². The van der Waals surface area contributed by atoms with E-state index in [9.17, 15) is 21.9 Å². The second-order valence-corrected chi connectivity index (χ2v) is 3.07. The molecule has 3 nitrogen and oxygen atoms in total. The molecule has 11 heavy (non-hydrogen) atoms. The van der Waals surface area contributed by atoms with E-state index < -0.39 is 26.8 Å². The average Bonchev–Trinajstić information content (AvgIpc) is 1.81. The summed E-state index contributed by atoms with van der Waals surface area (Å²) in [6.45, 7) is 0. The molecular formula is C3H3F4O3P. The maximum Gasteiger partial charge on any atom is 0.518 e. The topological polar surface area (TPSA) is 35.5 Å². The summed E-state index contributed by atoms with van der Waals surface area (Å²) in [4.78, 5) is 0. The van der Waals surface area contributed by atoms with E-state index in [-0.39, 0.29) is 0 Å². The van der Waals surface area contributed by atoms with E-state index in [1.54, 1.807) is 0 Å². The highest BCUT2D eigenvalue weighted by atomic mass is 31.2. The Bertz CT molecular complexity index is 183. The minimum atomic E-state index is -5.23. The fourth-order valence-electron chi connectivity index (χ4n) is 0.501. The van der Waals surface area contributed by atoms with Crippen molar-refractivity contribution in [2.45, 2.75) is 18.9 Å². The Labute approximate surface area is 58.9 Å². The zero-order valence-corrected chi connectivity index (χ0v) is 5.81. The van der Waals surface area contributed by atoms with Crippen LogP contribution in [0.3, 0.4) is 0 Å². The van der Waals surface area contributed by atoms with Crippen molar-refractivity contribution in [3.05, 3.63) is 0 Å². The van der Waals surface area contributed by atoms with Crippen LogP contribution in [-0.4, -0.2) is 18.9 Å². The molecule has 0 spiro atoms. The average molecular weight is 194 g/mol. The van der Waals surface area contributed by atoms with Gasteiger partial charge in [-0.25, -0.2) is 26.8 Å². The van der Waals surface area contributed by atoms with Crippen LogP contribution in [0.1, 0.15) is 0 Å². The van der Waals surface area contributed by atoms with Gasteiger partial charge in [-0.3, -0.25) is 0 Å². The Morgan fingerprint density at radius 1 is 1.09 bits per heavy atom. The van der Waals surface area contributed by atoms with Gasteiger partial charge in [0.05, 0.1) is 0 Å². The largest absolute Gasteiger partial charge is 0.518 e. The molecule has 0 N–H and O–H groups in total. The molecule has 8 heteroatoms. The fraction of sp³-hybridized carbons (Fsp3) is 1.00. The van der Waals surface area contributed by atoms with Gasteiger partial charge >= 0.3 is 7.91 Å². The molecular weight excluding hydrogens is 191 g/mol. The van der Waals surface area contributed by atoms with Crippen molar-refractivity contribution >= 4 is 7.91 Å². The van der Waals surface area contributed by atoms with E-state index >= 15 is 0 Å². The lowest BCUT2D eigenvalue weighted by Crippen LogP contribution is -2.35. The number of halogens is 4. The SMILES string of the molecule is O=P1(F)OC(F)C(F)C(F)O1. The first-order valence-corrected chi connectivity index (χ1v) is 3.94. The third kappa shape index (κ3) is 1.91. The van der Waals surface area contributed by atoms with Crippen molar-refractivity contribution in [2.24, 2.45) is 0 Å². The monoisotopic (exact) mass is 194 g/mol. The van der Waals surface area contributed by atoms with Gasteiger partial charge in [0.15, 0.2) is 0 Å². The van der Waals surface area contributed by atoms with Crippen LogP contribution in [0.5, 0.6) is 0 Å². The Morgan fingerprint density at radius 3 is 1.82 bits per heavy atom. The van der Waals surface area contributed by atoms with Crippen LogP contribution in [0.15, 0.2) is 0 Å². The standard InChI is InChI=1S/C3H3F4O3P/c4-1-2(5)9-11(7,8)10-3(1)6/h1-3H. The summed E-state index contributed by atoms with van der Waals surface area (Å²) in [6.07, 6.45) is -8.52. The van der Waals surface area contributed by atoms with Crippen molar-refractivity contribution in [3.8, 4) is 0 Å². The van der Waals surface area contributed by atoms with E-state index in [1.807, 2.05) is 0 Å². The van der Waals surface area contributed by atoms with Gasteiger partial charge in [-0.15, -0.1) is 4.20 Å².